The maximum absolute atomic E-state index is 13.6. The number of benzene rings is 2. The number of anilines is 1. The summed E-state index contributed by atoms with van der Waals surface area (Å²) in [6, 6.07) is 7.78. The number of urea groups is 1. The Hall–Kier alpha value is -2.99. The van der Waals surface area contributed by atoms with Crippen molar-refractivity contribution in [3.8, 4) is 22.6 Å². The van der Waals surface area contributed by atoms with Gasteiger partial charge in [0.15, 0.2) is 5.76 Å². The Labute approximate surface area is 169 Å². The van der Waals surface area contributed by atoms with Gasteiger partial charge < -0.3 is 9.73 Å². The van der Waals surface area contributed by atoms with Crippen LogP contribution >= 0.6 is 11.6 Å². The first kappa shape index (κ1) is 20.7. The number of nitrogens with one attached hydrogen (secondary N) is 1. The number of carbonyl (C=O) groups is 1. The molecule has 0 saturated heterocycles. The highest BCUT2D eigenvalue weighted by Gasteiger charge is 2.27. The number of rotatable bonds is 4. The predicted octanol–water partition coefficient (Wildman–Crippen LogP) is 2.98. The lowest BCUT2D eigenvalue weighted by atomic mass is 10.1. The standard InChI is InChI=1S/C17H14ClFN4O5S/c1-21-16(24)23(25)17-22-14(9-6-7-12(19)11(18)8-9)15(28-17)10-4-2-3-5-13(10)29(20,26)27/h2-8,25H,1H3,(H,21,24)(H2,20,26,27). The van der Waals surface area contributed by atoms with Crippen LogP contribution in [0.4, 0.5) is 15.2 Å². The predicted molar refractivity (Wildman–Crippen MR) is 102 cm³/mol. The largest absolute Gasteiger partial charge is 0.421 e. The summed E-state index contributed by atoms with van der Waals surface area (Å²) in [5, 5.41) is 17.3. The number of sulfonamides is 1. The zero-order valence-corrected chi connectivity index (χ0v) is 16.3. The fourth-order valence-electron chi connectivity index (χ4n) is 2.52. The fraction of sp³-hybridized carbons (Fsp3) is 0.0588. The summed E-state index contributed by atoms with van der Waals surface area (Å²) >= 11 is 5.83. The minimum absolute atomic E-state index is 0.000882. The zero-order valence-electron chi connectivity index (χ0n) is 14.8. The van der Waals surface area contributed by atoms with E-state index in [1.54, 1.807) is 0 Å². The molecule has 0 saturated carbocycles. The average molecular weight is 441 g/mol. The molecule has 0 spiro atoms. The molecule has 152 valence electrons. The summed E-state index contributed by atoms with van der Waals surface area (Å²) in [5.74, 6) is -0.810. The van der Waals surface area contributed by atoms with Gasteiger partial charge >= 0.3 is 12.0 Å². The van der Waals surface area contributed by atoms with Gasteiger partial charge in [-0.1, -0.05) is 23.7 Å². The first-order chi connectivity index (χ1) is 13.6. The maximum atomic E-state index is 13.6. The highest BCUT2D eigenvalue weighted by atomic mass is 35.5. The van der Waals surface area contributed by atoms with Gasteiger partial charge in [-0.25, -0.2) is 22.7 Å². The molecule has 4 N–H and O–H groups in total. The molecule has 1 heterocycles. The number of nitrogens with zero attached hydrogens (tertiary/aromatic N) is 2. The first-order valence-electron chi connectivity index (χ1n) is 7.92. The lowest BCUT2D eigenvalue weighted by Crippen LogP contribution is -2.35. The topological polar surface area (TPSA) is 139 Å². The van der Waals surface area contributed by atoms with Crippen molar-refractivity contribution in [2.45, 2.75) is 4.90 Å². The number of nitrogens with two attached hydrogens (primary N) is 1. The maximum Gasteiger partial charge on any atom is 0.349 e. The third kappa shape index (κ3) is 4.07. The Balaban J connectivity index is 2.30. The van der Waals surface area contributed by atoms with E-state index in [4.69, 9.17) is 21.2 Å². The number of hydroxylamine groups is 1. The number of oxazole rings is 1. The van der Waals surface area contributed by atoms with E-state index in [1.807, 2.05) is 0 Å². The molecule has 12 heteroatoms. The van der Waals surface area contributed by atoms with Crippen LogP contribution in [0, 0.1) is 5.82 Å². The second kappa shape index (κ2) is 7.79. The molecule has 0 aliphatic rings. The monoisotopic (exact) mass is 440 g/mol. The van der Waals surface area contributed by atoms with Gasteiger partial charge in [0.1, 0.15) is 11.5 Å². The van der Waals surface area contributed by atoms with Crippen LogP contribution in [0.3, 0.4) is 0 Å². The van der Waals surface area contributed by atoms with Crippen molar-refractivity contribution in [3.05, 3.63) is 53.3 Å². The van der Waals surface area contributed by atoms with Gasteiger partial charge in [-0.3, -0.25) is 5.21 Å². The summed E-state index contributed by atoms with van der Waals surface area (Å²) in [5.41, 5.74) is 0.270. The molecule has 9 nitrogen and oxygen atoms in total. The molecule has 3 rings (SSSR count). The number of hydrogen-bond acceptors (Lipinski definition) is 6. The molecule has 29 heavy (non-hydrogen) atoms. The zero-order chi connectivity index (χ0) is 21.3. The highest BCUT2D eigenvalue weighted by Crippen LogP contribution is 2.38. The molecule has 2 amide bonds. The number of halogens is 2. The molecule has 0 radical (unpaired) electrons. The number of aromatic nitrogens is 1. The van der Waals surface area contributed by atoms with Crippen molar-refractivity contribution in [2.75, 3.05) is 12.1 Å². The Kier molecular flexibility index (Phi) is 5.57. The van der Waals surface area contributed by atoms with Crippen LogP contribution in [0.25, 0.3) is 22.6 Å². The van der Waals surface area contributed by atoms with Gasteiger partial charge in [0.05, 0.1) is 9.92 Å². The third-order valence-corrected chi connectivity index (χ3v) is 5.09. The molecule has 2 aromatic carbocycles. The van der Waals surface area contributed by atoms with E-state index in [-0.39, 0.29) is 37.6 Å². The summed E-state index contributed by atoms with van der Waals surface area (Å²) in [6.07, 6.45) is 0. The molecule has 0 unspecified atom stereocenters. The van der Waals surface area contributed by atoms with Gasteiger partial charge in [-0.2, -0.15) is 4.98 Å². The van der Waals surface area contributed by atoms with Crippen LogP contribution < -0.4 is 15.5 Å². The molecule has 3 aromatic rings. The van der Waals surface area contributed by atoms with E-state index in [9.17, 15) is 22.8 Å². The highest BCUT2D eigenvalue weighted by molar-refractivity contribution is 7.89. The first-order valence-corrected chi connectivity index (χ1v) is 9.85. The van der Waals surface area contributed by atoms with Crippen molar-refractivity contribution >= 4 is 33.7 Å². The van der Waals surface area contributed by atoms with Crippen LogP contribution in [-0.2, 0) is 10.0 Å². The van der Waals surface area contributed by atoms with E-state index in [0.717, 1.165) is 6.07 Å². The van der Waals surface area contributed by atoms with Gasteiger partial charge in [-0.05, 0) is 30.3 Å². The molecule has 0 aliphatic carbocycles. The quantitative estimate of drug-likeness (QED) is 0.421. The molecule has 1 aromatic heterocycles. The molecular weight excluding hydrogens is 427 g/mol. The van der Waals surface area contributed by atoms with Gasteiger partial charge in [0.25, 0.3) is 0 Å². The molecule has 0 atom stereocenters. The number of amides is 2. The van der Waals surface area contributed by atoms with Crippen LogP contribution in [0.15, 0.2) is 51.8 Å². The van der Waals surface area contributed by atoms with Gasteiger partial charge in [-0.15, -0.1) is 5.06 Å². The summed E-state index contributed by atoms with van der Waals surface area (Å²) < 4.78 is 43.0. The van der Waals surface area contributed by atoms with E-state index < -0.39 is 27.9 Å². The van der Waals surface area contributed by atoms with E-state index in [1.165, 1.54) is 43.4 Å². The Bertz CT molecular complexity index is 1200. The van der Waals surface area contributed by atoms with E-state index in [0.29, 0.717) is 0 Å². The average Bonchev–Trinajstić information content (AvgIpc) is 3.13. The molecule has 0 aliphatic heterocycles. The second-order valence-electron chi connectivity index (χ2n) is 5.71. The Morgan fingerprint density at radius 2 is 2.00 bits per heavy atom. The van der Waals surface area contributed by atoms with Crippen LogP contribution in [0.5, 0.6) is 0 Å². The molecule has 0 fully saturated rings. The van der Waals surface area contributed by atoms with Crippen molar-refractivity contribution in [3.63, 3.8) is 0 Å². The minimum Gasteiger partial charge on any atom is -0.421 e. The van der Waals surface area contributed by atoms with Crippen LogP contribution in [0.1, 0.15) is 0 Å². The molecular formula is C17H14ClFN4O5S. The number of hydrogen-bond donors (Lipinski definition) is 3. The fourth-order valence-corrected chi connectivity index (χ4v) is 3.43. The second-order valence-corrected chi connectivity index (χ2v) is 7.65. The van der Waals surface area contributed by atoms with Gasteiger partial charge in [0, 0.05) is 18.2 Å². The van der Waals surface area contributed by atoms with Crippen molar-refractivity contribution in [1.29, 1.82) is 0 Å². The smallest absolute Gasteiger partial charge is 0.349 e. The van der Waals surface area contributed by atoms with Crippen molar-refractivity contribution in [2.24, 2.45) is 5.14 Å². The van der Waals surface area contributed by atoms with Crippen molar-refractivity contribution < 1.29 is 27.2 Å². The Morgan fingerprint density at radius 1 is 1.31 bits per heavy atom. The summed E-state index contributed by atoms with van der Waals surface area (Å²) in [6.45, 7) is 0. The lowest BCUT2D eigenvalue weighted by molar-refractivity contribution is 0.197. The normalized spacial score (nSPS) is 11.3. The number of primary sulfonamides is 1. The van der Waals surface area contributed by atoms with E-state index in [2.05, 4.69) is 10.3 Å². The molecule has 0 bridgehead atoms. The Morgan fingerprint density at radius 3 is 2.62 bits per heavy atom. The van der Waals surface area contributed by atoms with Crippen LogP contribution in [-0.4, -0.2) is 31.7 Å². The van der Waals surface area contributed by atoms with Crippen LogP contribution in [0.2, 0.25) is 5.02 Å². The summed E-state index contributed by atoms with van der Waals surface area (Å²) in [4.78, 5) is 15.5. The van der Waals surface area contributed by atoms with Gasteiger partial charge in [0.2, 0.25) is 10.0 Å². The lowest BCUT2D eigenvalue weighted by Gasteiger charge is -2.08. The minimum atomic E-state index is -4.16. The van der Waals surface area contributed by atoms with Crippen molar-refractivity contribution in [1.82, 2.24) is 10.3 Å². The van der Waals surface area contributed by atoms with E-state index >= 15 is 0 Å². The third-order valence-electron chi connectivity index (χ3n) is 3.83. The summed E-state index contributed by atoms with van der Waals surface area (Å²) in [7, 11) is -2.89. The number of carbonyl (C=O) groups excluding carboxylic acids is 1. The SMILES string of the molecule is CNC(=O)N(O)c1nc(-c2ccc(F)c(Cl)c2)c(-c2ccccc2S(N)(=O)=O)o1.